The lowest BCUT2D eigenvalue weighted by Gasteiger charge is -2.40. The van der Waals surface area contributed by atoms with E-state index >= 15 is 0 Å². The zero-order valence-corrected chi connectivity index (χ0v) is 13.9. The number of aryl methyl sites for hydroxylation is 1. The fourth-order valence-electron chi connectivity index (χ4n) is 3.64. The average molecular weight is 329 g/mol. The molecular formula is C15H19N7O2. The van der Waals surface area contributed by atoms with Crippen LogP contribution in [0.15, 0.2) is 12.5 Å². The van der Waals surface area contributed by atoms with Crippen LogP contribution in [0.1, 0.15) is 12.8 Å². The SMILES string of the molecule is CN1C(=O)N(C)C2(CCN(c3ncc4ncn(C)c4n3)CC2)C1=O. The Labute approximate surface area is 138 Å². The van der Waals surface area contributed by atoms with Crippen molar-refractivity contribution in [3.8, 4) is 0 Å². The Balaban J connectivity index is 1.58. The molecule has 2 aliphatic rings. The van der Waals surface area contributed by atoms with Gasteiger partial charge in [-0.15, -0.1) is 0 Å². The molecule has 4 heterocycles. The molecule has 0 N–H and O–H groups in total. The molecule has 24 heavy (non-hydrogen) atoms. The van der Waals surface area contributed by atoms with Crippen LogP contribution in [0, 0.1) is 0 Å². The highest BCUT2D eigenvalue weighted by Crippen LogP contribution is 2.36. The number of imidazole rings is 1. The molecule has 2 saturated heterocycles. The monoisotopic (exact) mass is 329 g/mol. The summed E-state index contributed by atoms with van der Waals surface area (Å²) in [6.07, 6.45) is 4.57. The summed E-state index contributed by atoms with van der Waals surface area (Å²) in [6.45, 7) is 1.25. The van der Waals surface area contributed by atoms with Crippen LogP contribution in [0.2, 0.25) is 0 Å². The predicted octanol–water partition coefficient (Wildman–Crippen LogP) is 0.226. The highest BCUT2D eigenvalue weighted by molar-refractivity contribution is 6.06. The number of imide groups is 1. The van der Waals surface area contributed by atoms with Crippen LogP contribution < -0.4 is 4.90 Å². The van der Waals surface area contributed by atoms with E-state index in [1.807, 2.05) is 11.6 Å². The molecule has 3 amide bonds. The van der Waals surface area contributed by atoms with Crippen molar-refractivity contribution in [3.05, 3.63) is 12.5 Å². The number of carbonyl (C=O) groups excluding carboxylic acids is 2. The second-order valence-electron chi connectivity index (χ2n) is 6.46. The molecule has 2 aromatic rings. The molecule has 0 atom stereocenters. The van der Waals surface area contributed by atoms with Crippen molar-refractivity contribution in [2.24, 2.45) is 7.05 Å². The van der Waals surface area contributed by atoms with Gasteiger partial charge in [-0.05, 0) is 12.8 Å². The fourth-order valence-corrected chi connectivity index (χ4v) is 3.64. The molecular weight excluding hydrogens is 310 g/mol. The molecule has 9 heteroatoms. The van der Waals surface area contributed by atoms with Gasteiger partial charge in [0.15, 0.2) is 5.65 Å². The van der Waals surface area contributed by atoms with Crippen LogP contribution in [0.25, 0.3) is 11.2 Å². The second-order valence-corrected chi connectivity index (χ2v) is 6.46. The van der Waals surface area contributed by atoms with E-state index in [-0.39, 0.29) is 11.9 Å². The number of piperidine rings is 1. The maximum Gasteiger partial charge on any atom is 0.327 e. The van der Waals surface area contributed by atoms with Crippen molar-refractivity contribution in [2.75, 3.05) is 32.1 Å². The molecule has 0 saturated carbocycles. The van der Waals surface area contributed by atoms with Crippen molar-refractivity contribution in [2.45, 2.75) is 18.4 Å². The van der Waals surface area contributed by atoms with Crippen LogP contribution >= 0.6 is 0 Å². The number of urea groups is 1. The normalized spacial score (nSPS) is 20.7. The standard InChI is InChI=1S/C15H19N7O2/c1-19-9-17-10-8-16-13(18-11(10)19)22-6-4-15(5-7-22)12(23)20(2)14(24)21(15)3/h8-9H,4-7H2,1-3H3. The second kappa shape index (κ2) is 4.89. The number of hydrogen-bond acceptors (Lipinski definition) is 6. The van der Waals surface area contributed by atoms with Crippen LogP contribution in [0.3, 0.4) is 0 Å². The van der Waals surface area contributed by atoms with Crippen molar-refractivity contribution >= 4 is 29.1 Å². The molecule has 0 aromatic carbocycles. The van der Waals surface area contributed by atoms with Crippen LogP contribution in [0.4, 0.5) is 10.7 Å². The Bertz CT molecular complexity index is 837. The van der Waals surface area contributed by atoms with Gasteiger partial charge < -0.3 is 14.4 Å². The van der Waals surface area contributed by atoms with E-state index in [0.29, 0.717) is 31.9 Å². The minimum Gasteiger partial charge on any atom is -0.341 e. The average Bonchev–Trinajstić information content (AvgIpc) is 3.05. The van der Waals surface area contributed by atoms with Crippen LogP contribution in [-0.2, 0) is 11.8 Å². The maximum absolute atomic E-state index is 12.5. The van der Waals surface area contributed by atoms with Gasteiger partial charge >= 0.3 is 6.03 Å². The number of nitrogens with zero attached hydrogens (tertiary/aromatic N) is 7. The largest absolute Gasteiger partial charge is 0.341 e. The van der Waals surface area contributed by atoms with E-state index < -0.39 is 5.54 Å². The molecule has 4 rings (SSSR count). The fraction of sp³-hybridized carbons (Fsp3) is 0.533. The third-order valence-corrected chi connectivity index (χ3v) is 5.23. The lowest BCUT2D eigenvalue weighted by Crippen LogP contribution is -2.55. The van der Waals surface area contributed by atoms with Crippen molar-refractivity contribution in [3.63, 3.8) is 0 Å². The molecule has 9 nitrogen and oxygen atoms in total. The van der Waals surface area contributed by atoms with Gasteiger partial charge in [0.25, 0.3) is 5.91 Å². The molecule has 0 aliphatic carbocycles. The first-order valence-corrected chi connectivity index (χ1v) is 7.89. The summed E-state index contributed by atoms with van der Waals surface area (Å²) >= 11 is 0. The Morgan fingerprint density at radius 2 is 1.79 bits per heavy atom. The number of anilines is 1. The number of amides is 3. The molecule has 0 unspecified atom stereocenters. The number of likely N-dealkylation sites (N-methyl/N-ethyl adjacent to an activating group) is 2. The topological polar surface area (TPSA) is 87.5 Å². The number of aromatic nitrogens is 4. The van der Waals surface area contributed by atoms with E-state index in [0.717, 1.165) is 11.2 Å². The molecule has 0 radical (unpaired) electrons. The van der Waals surface area contributed by atoms with Crippen LogP contribution in [-0.4, -0.2) is 74.0 Å². The maximum atomic E-state index is 12.5. The molecule has 2 fully saturated rings. The zero-order chi connectivity index (χ0) is 17.1. The number of carbonyl (C=O) groups is 2. The number of rotatable bonds is 1. The molecule has 2 aromatic heterocycles. The minimum absolute atomic E-state index is 0.113. The number of hydrogen-bond donors (Lipinski definition) is 0. The van der Waals surface area contributed by atoms with E-state index in [4.69, 9.17) is 0 Å². The highest BCUT2D eigenvalue weighted by atomic mass is 16.2. The van der Waals surface area contributed by atoms with Crippen molar-refractivity contribution in [1.29, 1.82) is 0 Å². The zero-order valence-electron chi connectivity index (χ0n) is 13.9. The van der Waals surface area contributed by atoms with Gasteiger partial charge in [0, 0.05) is 34.2 Å². The van der Waals surface area contributed by atoms with Gasteiger partial charge in [0.2, 0.25) is 5.95 Å². The third-order valence-electron chi connectivity index (χ3n) is 5.23. The Hall–Kier alpha value is -2.71. The van der Waals surface area contributed by atoms with Gasteiger partial charge in [-0.25, -0.2) is 14.8 Å². The predicted molar refractivity (Wildman–Crippen MR) is 86.4 cm³/mol. The molecule has 2 aliphatic heterocycles. The van der Waals surface area contributed by atoms with Gasteiger partial charge in [0.1, 0.15) is 11.1 Å². The lowest BCUT2D eigenvalue weighted by molar-refractivity contribution is -0.133. The van der Waals surface area contributed by atoms with E-state index in [1.54, 1.807) is 31.5 Å². The molecule has 126 valence electrons. The summed E-state index contributed by atoms with van der Waals surface area (Å²) in [5.41, 5.74) is 0.816. The molecule has 1 spiro atoms. The first kappa shape index (κ1) is 14.9. The van der Waals surface area contributed by atoms with Gasteiger partial charge in [-0.1, -0.05) is 0 Å². The minimum atomic E-state index is -0.723. The summed E-state index contributed by atoms with van der Waals surface area (Å²) in [5, 5.41) is 0. The Morgan fingerprint density at radius 3 is 2.42 bits per heavy atom. The summed E-state index contributed by atoms with van der Waals surface area (Å²) in [7, 11) is 5.14. The lowest BCUT2D eigenvalue weighted by atomic mass is 9.86. The summed E-state index contributed by atoms with van der Waals surface area (Å²) in [6, 6.07) is -0.235. The van der Waals surface area contributed by atoms with Crippen molar-refractivity contribution in [1.82, 2.24) is 29.3 Å². The summed E-state index contributed by atoms with van der Waals surface area (Å²) in [4.78, 5) is 42.7. The smallest absolute Gasteiger partial charge is 0.327 e. The quantitative estimate of drug-likeness (QED) is 0.696. The van der Waals surface area contributed by atoms with E-state index in [9.17, 15) is 9.59 Å². The van der Waals surface area contributed by atoms with E-state index in [1.165, 1.54) is 4.90 Å². The van der Waals surface area contributed by atoms with Gasteiger partial charge in [-0.3, -0.25) is 9.69 Å². The van der Waals surface area contributed by atoms with Crippen LogP contribution in [0.5, 0.6) is 0 Å². The Kier molecular flexibility index (Phi) is 3.03. The summed E-state index contributed by atoms with van der Waals surface area (Å²) in [5.74, 6) is 0.520. The third kappa shape index (κ3) is 1.84. The van der Waals surface area contributed by atoms with Crippen molar-refractivity contribution < 1.29 is 9.59 Å². The first-order valence-electron chi connectivity index (χ1n) is 7.89. The summed E-state index contributed by atoms with van der Waals surface area (Å²) < 4.78 is 1.86. The number of fused-ring (bicyclic) bond motifs is 1. The highest BCUT2D eigenvalue weighted by Gasteiger charge is 2.55. The van der Waals surface area contributed by atoms with E-state index in [2.05, 4.69) is 19.9 Å². The molecule has 0 bridgehead atoms. The first-order chi connectivity index (χ1) is 11.4. The van der Waals surface area contributed by atoms with Gasteiger partial charge in [-0.2, -0.15) is 4.98 Å². The van der Waals surface area contributed by atoms with Gasteiger partial charge in [0.05, 0.1) is 12.5 Å². The Morgan fingerprint density at radius 1 is 1.08 bits per heavy atom.